The first-order valence-electron chi connectivity index (χ1n) is 5.60. The second kappa shape index (κ2) is 4.40. The van der Waals surface area contributed by atoms with E-state index in [2.05, 4.69) is 25.1 Å². The Hall–Kier alpha value is -1.76. The second-order valence-electron chi connectivity index (χ2n) is 4.02. The van der Waals surface area contributed by atoms with Gasteiger partial charge in [0, 0.05) is 0 Å². The van der Waals surface area contributed by atoms with E-state index in [0.717, 1.165) is 17.5 Å². The molecule has 0 saturated heterocycles. The molecule has 0 aliphatic carbocycles. The topological polar surface area (TPSA) is 20.2 Å². The Kier molecular flexibility index (Phi) is 2.95. The maximum absolute atomic E-state index is 9.87. The molecular weight excluding hydrogens is 196 g/mol. The summed E-state index contributed by atoms with van der Waals surface area (Å²) in [7, 11) is 0. The highest BCUT2D eigenvalue weighted by atomic mass is 16.3. The summed E-state index contributed by atoms with van der Waals surface area (Å²) in [5.74, 6) is 0.433. The van der Waals surface area contributed by atoms with Crippen LogP contribution in [0.3, 0.4) is 0 Å². The van der Waals surface area contributed by atoms with Gasteiger partial charge >= 0.3 is 0 Å². The lowest BCUT2D eigenvalue weighted by atomic mass is 9.98. The molecule has 1 heteroatoms. The monoisotopic (exact) mass is 212 g/mol. The van der Waals surface area contributed by atoms with E-state index in [9.17, 15) is 5.11 Å². The number of benzene rings is 2. The highest BCUT2D eigenvalue weighted by Crippen LogP contribution is 2.29. The predicted octanol–water partition coefficient (Wildman–Crippen LogP) is 3.93. The van der Waals surface area contributed by atoms with Gasteiger partial charge in [-0.2, -0.15) is 0 Å². The fourth-order valence-electron chi connectivity index (χ4n) is 1.92. The molecule has 0 bridgehead atoms. The number of phenols is 1. The van der Waals surface area contributed by atoms with Crippen molar-refractivity contribution in [2.75, 3.05) is 0 Å². The van der Waals surface area contributed by atoms with Gasteiger partial charge in [0.1, 0.15) is 5.75 Å². The van der Waals surface area contributed by atoms with E-state index in [1.165, 1.54) is 11.1 Å². The number of hydrogen-bond donors (Lipinski definition) is 1. The van der Waals surface area contributed by atoms with Crippen LogP contribution in [0.2, 0.25) is 0 Å². The average molecular weight is 212 g/mol. The van der Waals surface area contributed by atoms with Crippen LogP contribution in [0.25, 0.3) is 11.1 Å². The second-order valence-corrected chi connectivity index (χ2v) is 4.02. The van der Waals surface area contributed by atoms with Crippen LogP contribution in [0.4, 0.5) is 0 Å². The van der Waals surface area contributed by atoms with Gasteiger partial charge in [-0.1, -0.05) is 37.3 Å². The summed E-state index contributed by atoms with van der Waals surface area (Å²) in [6.45, 7) is 4.00. The molecule has 82 valence electrons. The van der Waals surface area contributed by atoms with Gasteiger partial charge in [0.2, 0.25) is 0 Å². The summed E-state index contributed by atoms with van der Waals surface area (Å²) in [6, 6.07) is 14.3. The molecule has 0 fully saturated rings. The number of phenolic OH excluding ortho intramolecular Hbond substituents is 1. The van der Waals surface area contributed by atoms with Crippen LogP contribution in [0.15, 0.2) is 42.5 Å². The molecule has 0 amide bonds. The predicted molar refractivity (Wildman–Crippen MR) is 67.7 cm³/mol. The molecule has 0 radical (unpaired) electrons. The van der Waals surface area contributed by atoms with Crippen molar-refractivity contribution >= 4 is 0 Å². The highest BCUT2D eigenvalue weighted by molar-refractivity contribution is 5.67. The molecule has 0 spiro atoms. The standard InChI is InChI=1S/C15H16O/c1-3-12-10-14(9-11(2)15(12)16)13-7-5-4-6-8-13/h4-10,16H,3H2,1-2H3. The molecule has 0 unspecified atom stereocenters. The van der Waals surface area contributed by atoms with Crippen molar-refractivity contribution in [2.45, 2.75) is 20.3 Å². The van der Waals surface area contributed by atoms with Gasteiger partial charge in [0.15, 0.2) is 0 Å². The molecule has 0 aromatic heterocycles. The smallest absolute Gasteiger partial charge is 0.121 e. The molecule has 2 aromatic carbocycles. The van der Waals surface area contributed by atoms with Crippen molar-refractivity contribution in [1.29, 1.82) is 0 Å². The summed E-state index contributed by atoms with van der Waals surface area (Å²) < 4.78 is 0. The van der Waals surface area contributed by atoms with Crippen molar-refractivity contribution in [3.63, 3.8) is 0 Å². The van der Waals surface area contributed by atoms with Crippen molar-refractivity contribution in [3.8, 4) is 16.9 Å². The number of hydrogen-bond acceptors (Lipinski definition) is 1. The van der Waals surface area contributed by atoms with Gasteiger partial charge in [-0.15, -0.1) is 0 Å². The Bertz CT molecular complexity index is 486. The first kappa shape index (κ1) is 10.7. The minimum atomic E-state index is 0.433. The van der Waals surface area contributed by atoms with Gasteiger partial charge in [0.05, 0.1) is 0 Å². The molecule has 0 aliphatic heterocycles. The largest absolute Gasteiger partial charge is 0.507 e. The average Bonchev–Trinajstić information content (AvgIpc) is 2.33. The molecule has 1 nitrogen and oxygen atoms in total. The first-order valence-corrected chi connectivity index (χ1v) is 5.60. The summed E-state index contributed by atoms with van der Waals surface area (Å²) >= 11 is 0. The van der Waals surface area contributed by atoms with Crippen LogP contribution in [0.5, 0.6) is 5.75 Å². The zero-order valence-corrected chi connectivity index (χ0v) is 9.70. The minimum Gasteiger partial charge on any atom is -0.507 e. The van der Waals surface area contributed by atoms with Crippen molar-refractivity contribution in [2.24, 2.45) is 0 Å². The first-order chi connectivity index (χ1) is 7.72. The summed E-state index contributed by atoms with van der Waals surface area (Å²) in [5, 5.41) is 9.87. The number of aromatic hydroxyl groups is 1. The third-order valence-corrected chi connectivity index (χ3v) is 2.87. The van der Waals surface area contributed by atoms with E-state index in [1.807, 2.05) is 31.2 Å². The van der Waals surface area contributed by atoms with Crippen molar-refractivity contribution in [1.82, 2.24) is 0 Å². The molecule has 16 heavy (non-hydrogen) atoms. The molecule has 0 heterocycles. The zero-order chi connectivity index (χ0) is 11.5. The summed E-state index contributed by atoms with van der Waals surface area (Å²) in [4.78, 5) is 0. The molecule has 2 rings (SSSR count). The van der Waals surface area contributed by atoms with Gasteiger partial charge < -0.3 is 5.11 Å². The van der Waals surface area contributed by atoms with E-state index in [0.29, 0.717) is 5.75 Å². The number of rotatable bonds is 2. The molecule has 1 N–H and O–H groups in total. The van der Waals surface area contributed by atoms with Crippen molar-refractivity contribution in [3.05, 3.63) is 53.6 Å². The third kappa shape index (κ3) is 1.94. The molecular formula is C15H16O. The Morgan fingerprint density at radius 2 is 1.69 bits per heavy atom. The highest BCUT2D eigenvalue weighted by Gasteiger charge is 2.06. The minimum absolute atomic E-state index is 0.433. The van der Waals surface area contributed by atoms with E-state index in [4.69, 9.17) is 0 Å². The summed E-state index contributed by atoms with van der Waals surface area (Å²) in [5.41, 5.74) is 4.32. The van der Waals surface area contributed by atoms with Gasteiger partial charge in [-0.05, 0) is 47.7 Å². The Morgan fingerprint density at radius 1 is 1.00 bits per heavy atom. The van der Waals surface area contributed by atoms with Crippen LogP contribution < -0.4 is 0 Å². The molecule has 2 aromatic rings. The molecule has 0 aliphatic rings. The van der Waals surface area contributed by atoms with E-state index in [-0.39, 0.29) is 0 Å². The van der Waals surface area contributed by atoms with Crippen LogP contribution in [0, 0.1) is 6.92 Å². The van der Waals surface area contributed by atoms with Crippen molar-refractivity contribution < 1.29 is 5.11 Å². The SMILES string of the molecule is CCc1cc(-c2ccccc2)cc(C)c1O. The lowest BCUT2D eigenvalue weighted by Crippen LogP contribution is -1.88. The summed E-state index contributed by atoms with van der Waals surface area (Å²) in [6.07, 6.45) is 0.855. The third-order valence-electron chi connectivity index (χ3n) is 2.87. The quantitative estimate of drug-likeness (QED) is 0.799. The molecule has 0 atom stereocenters. The fraction of sp³-hybridized carbons (Fsp3) is 0.200. The van der Waals surface area contributed by atoms with Gasteiger partial charge in [0.25, 0.3) is 0 Å². The van der Waals surface area contributed by atoms with Crippen LogP contribution in [-0.4, -0.2) is 5.11 Å². The van der Waals surface area contributed by atoms with E-state index in [1.54, 1.807) is 0 Å². The lowest BCUT2D eigenvalue weighted by molar-refractivity contribution is 0.465. The Labute approximate surface area is 96.4 Å². The fourth-order valence-corrected chi connectivity index (χ4v) is 1.92. The molecule has 0 saturated carbocycles. The lowest BCUT2D eigenvalue weighted by Gasteiger charge is -2.09. The van der Waals surface area contributed by atoms with E-state index < -0.39 is 0 Å². The van der Waals surface area contributed by atoms with Gasteiger partial charge in [-0.25, -0.2) is 0 Å². The van der Waals surface area contributed by atoms with Gasteiger partial charge in [-0.3, -0.25) is 0 Å². The maximum atomic E-state index is 9.87. The van der Waals surface area contributed by atoms with Crippen LogP contribution in [-0.2, 0) is 6.42 Å². The Morgan fingerprint density at radius 3 is 2.31 bits per heavy atom. The normalized spacial score (nSPS) is 10.4. The maximum Gasteiger partial charge on any atom is 0.121 e. The zero-order valence-electron chi connectivity index (χ0n) is 9.70. The Balaban J connectivity index is 2.55. The number of aryl methyl sites for hydroxylation is 2. The van der Waals surface area contributed by atoms with Crippen LogP contribution in [0.1, 0.15) is 18.1 Å². The van der Waals surface area contributed by atoms with E-state index >= 15 is 0 Å². The van der Waals surface area contributed by atoms with Crippen LogP contribution >= 0.6 is 0 Å².